The molecule has 0 fully saturated rings. The van der Waals surface area contributed by atoms with E-state index in [2.05, 4.69) is 23.2 Å². The van der Waals surface area contributed by atoms with Crippen molar-refractivity contribution < 1.29 is 0 Å². The van der Waals surface area contributed by atoms with Gasteiger partial charge in [0.25, 0.3) is 0 Å². The third-order valence-corrected chi connectivity index (χ3v) is 2.56. The SMILES string of the molecule is Cc1cc(C2=CCCCC2)ccn1. The van der Waals surface area contributed by atoms with Crippen LogP contribution in [-0.4, -0.2) is 4.98 Å². The third-order valence-electron chi connectivity index (χ3n) is 2.56. The molecule has 0 amide bonds. The molecular weight excluding hydrogens is 158 g/mol. The maximum atomic E-state index is 4.21. The Morgan fingerprint density at radius 2 is 2.23 bits per heavy atom. The van der Waals surface area contributed by atoms with E-state index in [4.69, 9.17) is 0 Å². The summed E-state index contributed by atoms with van der Waals surface area (Å²) in [6.45, 7) is 2.05. The van der Waals surface area contributed by atoms with E-state index in [0.29, 0.717) is 0 Å². The fourth-order valence-corrected chi connectivity index (χ4v) is 1.85. The van der Waals surface area contributed by atoms with Crippen molar-refractivity contribution in [3.63, 3.8) is 0 Å². The number of nitrogens with zero attached hydrogens (tertiary/aromatic N) is 1. The summed E-state index contributed by atoms with van der Waals surface area (Å²) in [4.78, 5) is 4.21. The Morgan fingerprint density at radius 3 is 2.92 bits per heavy atom. The van der Waals surface area contributed by atoms with Gasteiger partial charge in [-0.3, -0.25) is 4.98 Å². The highest BCUT2D eigenvalue weighted by Gasteiger charge is 2.05. The van der Waals surface area contributed by atoms with Crippen LogP contribution in [-0.2, 0) is 0 Å². The molecule has 1 heteroatoms. The lowest BCUT2D eigenvalue weighted by molar-refractivity contribution is 0.742. The van der Waals surface area contributed by atoms with Gasteiger partial charge in [0.05, 0.1) is 0 Å². The van der Waals surface area contributed by atoms with E-state index in [-0.39, 0.29) is 0 Å². The number of pyridine rings is 1. The van der Waals surface area contributed by atoms with Crippen LogP contribution in [0.3, 0.4) is 0 Å². The van der Waals surface area contributed by atoms with Crippen LogP contribution in [0.2, 0.25) is 0 Å². The normalized spacial score (nSPS) is 16.8. The van der Waals surface area contributed by atoms with Crippen molar-refractivity contribution in [3.05, 3.63) is 35.7 Å². The van der Waals surface area contributed by atoms with Crippen LogP contribution in [0.25, 0.3) is 5.57 Å². The zero-order chi connectivity index (χ0) is 9.10. The topological polar surface area (TPSA) is 12.9 Å². The average Bonchev–Trinajstić information content (AvgIpc) is 2.19. The van der Waals surface area contributed by atoms with E-state index in [0.717, 1.165) is 5.69 Å². The number of hydrogen-bond acceptors (Lipinski definition) is 1. The summed E-state index contributed by atoms with van der Waals surface area (Å²) >= 11 is 0. The van der Waals surface area contributed by atoms with Crippen molar-refractivity contribution in [2.75, 3.05) is 0 Å². The van der Waals surface area contributed by atoms with Crippen molar-refractivity contribution in [2.24, 2.45) is 0 Å². The Labute approximate surface area is 79.5 Å². The van der Waals surface area contributed by atoms with E-state index >= 15 is 0 Å². The highest BCUT2D eigenvalue weighted by molar-refractivity contribution is 5.66. The van der Waals surface area contributed by atoms with E-state index in [9.17, 15) is 0 Å². The molecule has 1 aliphatic rings. The molecule has 1 aliphatic carbocycles. The first-order valence-corrected chi connectivity index (χ1v) is 4.98. The summed E-state index contributed by atoms with van der Waals surface area (Å²) in [6.07, 6.45) is 9.46. The molecule has 0 spiro atoms. The molecule has 2 rings (SSSR count). The Hall–Kier alpha value is -1.11. The monoisotopic (exact) mass is 173 g/mol. The predicted molar refractivity (Wildman–Crippen MR) is 55.4 cm³/mol. The Balaban J connectivity index is 2.29. The standard InChI is InChI=1S/C12H15N/c1-10-9-12(7-8-13-10)11-5-3-2-4-6-11/h5,7-9H,2-4,6H2,1H3. The van der Waals surface area contributed by atoms with Crippen LogP contribution in [0.15, 0.2) is 24.4 Å². The van der Waals surface area contributed by atoms with Crippen LogP contribution in [0.1, 0.15) is 36.9 Å². The van der Waals surface area contributed by atoms with Crippen molar-refractivity contribution in [3.8, 4) is 0 Å². The molecule has 1 aromatic rings. The lowest BCUT2D eigenvalue weighted by Crippen LogP contribution is -1.92. The average molecular weight is 173 g/mol. The summed E-state index contributed by atoms with van der Waals surface area (Å²) < 4.78 is 0. The molecule has 0 bridgehead atoms. The third kappa shape index (κ3) is 1.97. The van der Waals surface area contributed by atoms with Gasteiger partial charge in [0.2, 0.25) is 0 Å². The molecule has 68 valence electrons. The summed E-state index contributed by atoms with van der Waals surface area (Å²) in [5, 5.41) is 0. The van der Waals surface area contributed by atoms with Gasteiger partial charge in [0.15, 0.2) is 0 Å². The van der Waals surface area contributed by atoms with Crippen LogP contribution in [0.4, 0.5) is 0 Å². The van der Waals surface area contributed by atoms with Gasteiger partial charge >= 0.3 is 0 Å². The summed E-state index contributed by atoms with van der Waals surface area (Å²) in [5.74, 6) is 0. The second kappa shape index (κ2) is 3.73. The predicted octanol–water partition coefficient (Wildman–Crippen LogP) is 3.35. The first kappa shape index (κ1) is 8.49. The van der Waals surface area contributed by atoms with Gasteiger partial charge < -0.3 is 0 Å². The van der Waals surface area contributed by atoms with Gasteiger partial charge in [-0.15, -0.1) is 0 Å². The van der Waals surface area contributed by atoms with E-state index in [1.807, 2.05) is 13.1 Å². The Kier molecular flexibility index (Phi) is 2.44. The molecule has 0 atom stereocenters. The molecule has 0 saturated heterocycles. The van der Waals surface area contributed by atoms with Crippen LogP contribution >= 0.6 is 0 Å². The second-order valence-electron chi connectivity index (χ2n) is 3.66. The van der Waals surface area contributed by atoms with Crippen LogP contribution in [0.5, 0.6) is 0 Å². The summed E-state index contributed by atoms with van der Waals surface area (Å²) in [5.41, 5.74) is 3.99. The van der Waals surface area contributed by atoms with Gasteiger partial charge in [-0.05, 0) is 55.9 Å². The van der Waals surface area contributed by atoms with Crippen LogP contribution in [0, 0.1) is 6.92 Å². The zero-order valence-corrected chi connectivity index (χ0v) is 8.09. The molecule has 1 aromatic heterocycles. The lowest BCUT2D eigenvalue weighted by atomic mass is 9.94. The highest BCUT2D eigenvalue weighted by Crippen LogP contribution is 2.26. The quantitative estimate of drug-likeness (QED) is 0.634. The molecular formula is C12H15N. The minimum absolute atomic E-state index is 1.11. The van der Waals surface area contributed by atoms with E-state index in [1.165, 1.54) is 36.8 Å². The van der Waals surface area contributed by atoms with E-state index in [1.54, 1.807) is 0 Å². The van der Waals surface area contributed by atoms with Gasteiger partial charge in [-0.1, -0.05) is 6.08 Å². The highest BCUT2D eigenvalue weighted by atomic mass is 14.6. The zero-order valence-electron chi connectivity index (χ0n) is 8.09. The van der Waals surface area contributed by atoms with Crippen molar-refractivity contribution in [1.29, 1.82) is 0 Å². The van der Waals surface area contributed by atoms with Gasteiger partial charge in [-0.25, -0.2) is 0 Å². The van der Waals surface area contributed by atoms with Crippen molar-refractivity contribution >= 4 is 5.57 Å². The van der Waals surface area contributed by atoms with E-state index < -0.39 is 0 Å². The molecule has 1 heterocycles. The number of hydrogen-bond donors (Lipinski definition) is 0. The van der Waals surface area contributed by atoms with Crippen molar-refractivity contribution in [1.82, 2.24) is 4.98 Å². The van der Waals surface area contributed by atoms with Gasteiger partial charge in [0, 0.05) is 11.9 Å². The molecule has 0 unspecified atom stereocenters. The number of allylic oxidation sites excluding steroid dienone is 2. The number of rotatable bonds is 1. The van der Waals surface area contributed by atoms with Gasteiger partial charge in [-0.2, -0.15) is 0 Å². The van der Waals surface area contributed by atoms with Crippen molar-refractivity contribution in [2.45, 2.75) is 32.6 Å². The van der Waals surface area contributed by atoms with Gasteiger partial charge in [0.1, 0.15) is 0 Å². The Morgan fingerprint density at radius 1 is 1.31 bits per heavy atom. The summed E-state index contributed by atoms with van der Waals surface area (Å²) in [6, 6.07) is 4.29. The number of aryl methyl sites for hydroxylation is 1. The largest absolute Gasteiger partial charge is 0.262 e. The second-order valence-corrected chi connectivity index (χ2v) is 3.66. The molecule has 0 radical (unpaired) electrons. The minimum Gasteiger partial charge on any atom is -0.262 e. The Bertz CT molecular complexity index is 326. The number of aromatic nitrogens is 1. The summed E-state index contributed by atoms with van der Waals surface area (Å²) in [7, 11) is 0. The molecule has 13 heavy (non-hydrogen) atoms. The maximum absolute atomic E-state index is 4.21. The molecule has 0 saturated carbocycles. The first-order chi connectivity index (χ1) is 6.36. The smallest absolute Gasteiger partial charge is 0.0378 e. The first-order valence-electron chi connectivity index (χ1n) is 4.98. The lowest BCUT2D eigenvalue weighted by Gasteiger charge is -2.12. The molecule has 1 nitrogen and oxygen atoms in total. The maximum Gasteiger partial charge on any atom is 0.0378 e. The minimum atomic E-state index is 1.11. The molecule has 0 aliphatic heterocycles. The fraction of sp³-hybridized carbons (Fsp3) is 0.417. The van der Waals surface area contributed by atoms with Crippen LogP contribution < -0.4 is 0 Å². The fourth-order valence-electron chi connectivity index (χ4n) is 1.85. The molecule has 0 N–H and O–H groups in total. The molecule has 0 aromatic carbocycles.